The first-order valence-electron chi connectivity index (χ1n) is 7.67. The Morgan fingerprint density at radius 1 is 1.20 bits per heavy atom. The van der Waals surface area contributed by atoms with Gasteiger partial charge in [-0.2, -0.15) is 0 Å². The van der Waals surface area contributed by atoms with Gasteiger partial charge in [-0.15, -0.1) is 0 Å². The molecule has 0 amide bonds. The summed E-state index contributed by atoms with van der Waals surface area (Å²) < 4.78 is 5.34. The van der Waals surface area contributed by atoms with Crippen molar-refractivity contribution < 1.29 is 4.42 Å². The van der Waals surface area contributed by atoms with Gasteiger partial charge in [0.2, 0.25) is 0 Å². The number of hydrogen-bond acceptors (Lipinski definition) is 5. The van der Waals surface area contributed by atoms with E-state index >= 15 is 0 Å². The zero-order valence-corrected chi connectivity index (χ0v) is 15.2. The minimum atomic E-state index is -0.343. The summed E-state index contributed by atoms with van der Waals surface area (Å²) in [6, 6.07) is 7.30. The van der Waals surface area contributed by atoms with E-state index in [0.717, 1.165) is 32.7 Å². The fourth-order valence-electron chi connectivity index (χ4n) is 2.67. The summed E-state index contributed by atoms with van der Waals surface area (Å²) in [6.07, 6.45) is 1.57. The molecule has 0 aliphatic carbocycles. The van der Waals surface area contributed by atoms with Gasteiger partial charge < -0.3 is 9.40 Å². The standard InChI is InChI=1S/C18H14ClN3O2S/c1-9-3-13-11(5-16(23)24-15(13)4-10(9)2)8-25-18-21-14-6-12(19)7-20-17(14)22-18/h3-7H,8H2,1-2H3,(H,20,21,22). The van der Waals surface area contributed by atoms with E-state index in [-0.39, 0.29) is 5.63 Å². The Hall–Kier alpha value is -2.31. The van der Waals surface area contributed by atoms with Gasteiger partial charge in [-0.25, -0.2) is 14.8 Å². The van der Waals surface area contributed by atoms with Crippen molar-refractivity contribution in [3.05, 3.63) is 62.6 Å². The van der Waals surface area contributed by atoms with Crippen LogP contribution in [0, 0.1) is 13.8 Å². The maximum Gasteiger partial charge on any atom is 0.336 e. The second kappa shape index (κ2) is 6.20. The Morgan fingerprint density at radius 3 is 2.84 bits per heavy atom. The van der Waals surface area contributed by atoms with E-state index in [1.54, 1.807) is 18.3 Å². The zero-order chi connectivity index (χ0) is 17.6. The van der Waals surface area contributed by atoms with Crippen LogP contribution >= 0.6 is 23.4 Å². The summed E-state index contributed by atoms with van der Waals surface area (Å²) >= 11 is 7.46. The van der Waals surface area contributed by atoms with Crippen LogP contribution in [0.2, 0.25) is 5.02 Å². The third-order valence-corrected chi connectivity index (χ3v) is 5.22. The largest absolute Gasteiger partial charge is 0.423 e. The van der Waals surface area contributed by atoms with E-state index in [0.29, 0.717) is 22.0 Å². The molecule has 7 heteroatoms. The lowest BCUT2D eigenvalue weighted by Crippen LogP contribution is -2.00. The first kappa shape index (κ1) is 16.2. The number of aryl methyl sites for hydroxylation is 2. The van der Waals surface area contributed by atoms with E-state index in [4.69, 9.17) is 16.0 Å². The van der Waals surface area contributed by atoms with Crippen LogP contribution in [0.3, 0.4) is 0 Å². The van der Waals surface area contributed by atoms with Crippen molar-refractivity contribution in [2.45, 2.75) is 24.8 Å². The first-order chi connectivity index (χ1) is 12.0. The smallest absolute Gasteiger partial charge is 0.336 e. The van der Waals surface area contributed by atoms with Crippen LogP contribution in [-0.2, 0) is 5.75 Å². The monoisotopic (exact) mass is 371 g/mol. The highest BCUT2D eigenvalue weighted by Gasteiger charge is 2.10. The van der Waals surface area contributed by atoms with Gasteiger partial charge in [0.15, 0.2) is 10.8 Å². The van der Waals surface area contributed by atoms with Crippen molar-refractivity contribution in [2.24, 2.45) is 0 Å². The second-order valence-corrected chi connectivity index (χ2v) is 7.28. The molecule has 126 valence electrons. The number of thioether (sulfide) groups is 1. The second-order valence-electron chi connectivity index (χ2n) is 5.88. The first-order valence-corrected chi connectivity index (χ1v) is 9.04. The number of benzene rings is 1. The number of imidazole rings is 1. The Bertz CT molecular complexity index is 1170. The van der Waals surface area contributed by atoms with Crippen LogP contribution in [0.4, 0.5) is 0 Å². The Labute approximate surface area is 152 Å². The number of nitrogens with one attached hydrogen (secondary N) is 1. The van der Waals surface area contributed by atoms with E-state index < -0.39 is 0 Å². The maximum atomic E-state index is 11.9. The number of pyridine rings is 1. The predicted molar refractivity (Wildman–Crippen MR) is 100 cm³/mol. The van der Waals surface area contributed by atoms with Gasteiger partial charge in [0.1, 0.15) is 5.58 Å². The molecule has 0 aliphatic heterocycles. The van der Waals surface area contributed by atoms with Gasteiger partial charge in [0.25, 0.3) is 0 Å². The molecule has 3 aromatic heterocycles. The quantitative estimate of drug-likeness (QED) is 0.420. The lowest BCUT2D eigenvalue weighted by atomic mass is 10.0. The number of halogens is 1. The van der Waals surface area contributed by atoms with E-state index in [1.807, 2.05) is 19.9 Å². The zero-order valence-electron chi connectivity index (χ0n) is 13.6. The van der Waals surface area contributed by atoms with Crippen LogP contribution < -0.4 is 5.63 Å². The molecule has 0 saturated carbocycles. The number of aromatic nitrogens is 3. The van der Waals surface area contributed by atoms with Crippen molar-refractivity contribution in [3.8, 4) is 0 Å². The predicted octanol–water partition coefficient (Wildman–Crippen LogP) is 4.63. The molecule has 0 bridgehead atoms. The van der Waals surface area contributed by atoms with Crippen LogP contribution in [0.25, 0.3) is 22.1 Å². The van der Waals surface area contributed by atoms with Crippen LogP contribution in [0.15, 0.2) is 44.8 Å². The van der Waals surface area contributed by atoms with E-state index in [9.17, 15) is 4.79 Å². The Balaban J connectivity index is 1.69. The lowest BCUT2D eigenvalue weighted by Gasteiger charge is -2.07. The lowest BCUT2D eigenvalue weighted by molar-refractivity contribution is 0.559. The molecule has 5 nitrogen and oxygen atoms in total. The molecule has 4 rings (SSSR count). The summed E-state index contributed by atoms with van der Waals surface area (Å²) in [5, 5.41) is 2.24. The minimum absolute atomic E-state index is 0.343. The molecule has 1 N–H and O–H groups in total. The minimum Gasteiger partial charge on any atom is -0.423 e. The van der Waals surface area contributed by atoms with Gasteiger partial charge in [-0.1, -0.05) is 23.4 Å². The molecule has 25 heavy (non-hydrogen) atoms. The van der Waals surface area contributed by atoms with Gasteiger partial charge in [0.05, 0.1) is 10.5 Å². The SMILES string of the molecule is Cc1cc2oc(=O)cc(CSc3nc4ncc(Cl)cc4[nH]3)c2cc1C. The fraction of sp³-hybridized carbons (Fsp3) is 0.167. The van der Waals surface area contributed by atoms with Crippen molar-refractivity contribution >= 4 is 45.5 Å². The van der Waals surface area contributed by atoms with Crippen molar-refractivity contribution in [2.75, 3.05) is 0 Å². The van der Waals surface area contributed by atoms with Gasteiger partial charge >= 0.3 is 5.63 Å². The molecule has 0 aliphatic rings. The molecule has 0 atom stereocenters. The average molecular weight is 372 g/mol. The molecular weight excluding hydrogens is 358 g/mol. The summed E-state index contributed by atoms with van der Waals surface area (Å²) in [6.45, 7) is 4.05. The van der Waals surface area contributed by atoms with Crippen LogP contribution in [0.1, 0.15) is 16.7 Å². The van der Waals surface area contributed by atoms with Gasteiger partial charge in [-0.05, 0) is 48.7 Å². The third kappa shape index (κ3) is 3.15. The highest BCUT2D eigenvalue weighted by Crippen LogP contribution is 2.28. The molecule has 0 spiro atoms. The Morgan fingerprint density at radius 2 is 2.00 bits per heavy atom. The molecule has 0 radical (unpaired) electrons. The average Bonchev–Trinajstić information content (AvgIpc) is 2.96. The van der Waals surface area contributed by atoms with Crippen molar-refractivity contribution in [1.82, 2.24) is 15.0 Å². The molecule has 0 fully saturated rings. The summed E-state index contributed by atoms with van der Waals surface area (Å²) in [5.41, 5.74) is 4.87. The fourth-order valence-corrected chi connectivity index (χ4v) is 3.69. The number of aromatic amines is 1. The maximum absolute atomic E-state index is 11.9. The molecular formula is C18H14ClN3O2S. The molecule has 1 aromatic carbocycles. The number of rotatable bonds is 3. The number of nitrogens with zero attached hydrogens (tertiary/aromatic N) is 2. The molecule has 0 unspecified atom stereocenters. The van der Waals surface area contributed by atoms with Crippen molar-refractivity contribution in [3.63, 3.8) is 0 Å². The van der Waals surface area contributed by atoms with E-state index in [1.165, 1.54) is 11.8 Å². The highest BCUT2D eigenvalue weighted by atomic mass is 35.5. The molecule has 4 aromatic rings. The summed E-state index contributed by atoms with van der Waals surface area (Å²) in [7, 11) is 0. The van der Waals surface area contributed by atoms with Gasteiger partial charge in [0, 0.05) is 23.4 Å². The normalized spacial score (nSPS) is 11.5. The Kier molecular flexibility index (Phi) is 4.01. The third-order valence-electron chi connectivity index (χ3n) is 4.09. The van der Waals surface area contributed by atoms with Crippen LogP contribution in [0.5, 0.6) is 0 Å². The number of fused-ring (bicyclic) bond motifs is 2. The topological polar surface area (TPSA) is 71.8 Å². The van der Waals surface area contributed by atoms with E-state index in [2.05, 4.69) is 21.0 Å². The molecule has 3 heterocycles. The van der Waals surface area contributed by atoms with Gasteiger partial charge in [-0.3, -0.25) is 0 Å². The van der Waals surface area contributed by atoms with Crippen LogP contribution in [-0.4, -0.2) is 15.0 Å². The number of hydrogen-bond donors (Lipinski definition) is 1. The number of H-pyrrole nitrogens is 1. The highest BCUT2D eigenvalue weighted by molar-refractivity contribution is 7.98. The van der Waals surface area contributed by atoms with Crippen molar-refractivity contribution in [1.29, 1.82) is 0 Å². The summed E-state index contributed by atoms with van der Waals surface area (Å²) in [5.74, 6) is 0.595. The summed E-state index contributed by atoms with van der Waals surface area (Å²) in [4.78, 5) is 23.7. The molecule has 0 saturated heterocycles.